The maximum absolute atomic E-state index is 12.6. The molecule has 4 nitrogen and oxygen atoms in total. The molecule has 0 bridgehead atoms. The van der Waals surface area contributed by atoms with Crippen molar-refractivity contribution in [2.24, 2.45) is 5.92 Å². The van der Waals surface area contributed by atoms with Crippen molar-refractivity contribution in [2.75, 3.05) is 6.61 Å². The smallest absolute Gasteiger partial charge is 0.416 e. The normalized spacial score (nSPS) is 12.8. The zero-order valence-electron chi connectivity index (χ0n) is 12.5. The number of rotatable bonds is 7. The van der Waals surface area contributed by atoms with Crippen LogP contribution in [0.1, 0.15) is 18.1 Å². The molecule has 24 heavy (non-hydrogen) atoms. The molecule has 9 heteroatoms. The van der Waals surface area contributed by atoms with Gasteiger partial charge in [-0.3, -0.25) is 9.59 Å². The van der Waals surface area contributed by atoms with E-state index in [1.54, 1.807) is 0 Å². The summed E-state index contributed by atoms with van der Waals surface area (Å²) in [6.07, 6.45) is -8.43. The Morgan fingerprint density at radius 3 is 2.12 bits per heavy atom. The fourth-order valence-electron chi connectivity index (χ4n) is 1.92. The molecule has 0 aliphatic rings. The molecular formula is C15H14F5NO3. The Labute approximate surface area is 134 Å². The van der Waals surface area contributed by atoms with E-state index in [0.29, 0.717) is 0 Å². The first-order valence-electron chi connectivity index (χ1n) is 6.79. The van der Waals surface area contributed by atoms with Gasteiger partial charge in [0.1, 0.15) is 0 Å². The summed E-state index contributed by atoms with van der Waals surface area (Å²) in [5.74, 6) is -5.13. The molecular weight excluding hydrogens is 337 g/mol. The number of carbonyl (C=O) groups excluding carboxylic acids is 2. The van der Waals surface area contributed by atoms with Gasteiger partial charge < -0.3 is 10.1 Å². The molecule has 0 saturated carbocycles. The van der Waals surface area contributed by atoms with Crippen molar-refractivity contribution in [3.63, 3.8) is 0 Å². The highest BCUT2D eigenvalue weighted by Gasteiger charge is 2.37. The van der Waals surface area contributed by atoms with Gasteiger partial charge in [-0.15, -0.1) is 0 Å². The molecule has 1 aromatic rings. The molecule has 132 valence electrons. The minimum atomic E-state index is -4.54. The Morgan fingerprint density at radius 2 is 1.71 bits per heavy atom. The predicted molar refractivity (Wildman–Crippen MR) is 74.0 cm³/mol. The minimum Gasteiger partial charge on any atom is -0.465 e. The van der Waals surface area contributed by atoms with Crippen LogP contribution in [0.15, 0.2) is 24.3 Å². The number of Topliss-reactive ketones (excluding diaryl/α,β-unsaturated/α-hetero) is 1. The topological polar surface area (TPSA) is 67.2 Å². The molecule has 0 radical (unpaired) electrons. The highest BCUT2D eigenvalue weighted by Crippen LogP contribution is 2.29. The third-order valence-electron chi connectivity index (χ3n) is 3.05. The molecule has 1 rings (SSSR count). The molecule has 0 spiro atoms. The number of benzene rings is 1. The molecule has 0 aliphatic heterocycles. The van der Waals surface area contributed by atoms with Gasteiger partial charge in [0.25, 0.3) is 6.43 Å². The summed E-state index contributed by atoms with van der Waals surface area (Å²) < 4.78 is 67.1. The van der Waals surface area contributed by atoms with Gasteiger partial charge in [0.2, 0.25) is 5.78 Å². The zero-order valence-corrected chi connectivity index (χ0v) is 12.5. The van der Waals surface area contributed by atoms with Crippen LogP contribution >= 0.6 is 0 Å². The van der Waals surface area contributed by atoms with Gasteiger partial charge >= 0.3 is 12.1 Å². The largest absolute Gasteiger partial charge is 0.465 e. The summed E-state index contributed by atoms with van der Waals surface area (Å²) in [5, 5.41) is 7.72. The average molecular weight is 351 g/mol. The van der Waals surface area contributed by atoms with Gasteiger partial charge in [-0.2, -0.15) is 13.2 Å². The molecule has 0 amide bonds. The second-order valence-corrected chi connectivity index (χ2v) is 4.78. The Kier molecular flexibility index (Phi) is 6.56. The molecule has 1 aromatic carbocycles. The molecule has 0 aromatic heterocycles. The van der Waals surface area contributed by atoms with Gasteiger partial charge in [0, 0.05) is 12.1 Å². The maximum Gasteiger partial charge on any atom is 0.416 e. The number of hydrogen-bond donors (Lipinski definition) is 1. The van der Waals surface area contributed by atoms with Crippen LogP contribution in [0.25, 0.3) is 0 Å². The third kappa shape index (κ3) is 5.10. The minimum absolute atomic E-state index is 0.167. The summed E-state index contributed by atoms with van der Waals surface area (Å²) in [4.78, 5) is 23.1. The first kappa shape index (κ1) is 19.7. The lowest BCUT2D eigenvalue weighted by Crippen LogP contribution is -2.37. The fourth-order valence-corrected chi connectivity index (χ4v) is 1.92. The Balaban J connectivity index is 2.95. The molecule has 0 heterocycles. The Bertz CT molecular complexity index is 611. The summed E-state index contributed by atoms with van der Waals surface area (Å²) >= 11 is 0. The standard InChI is InChI=1S/C15H14F5NO3/c1-2-24-14(23)11(12(22)13(16)17)10(21)7-8-3-5-9(6-4-8)15(18,19)20/h3-6,11,13,21H,2,7H2,1H3. The second kappa shape index (κ2) is 7.98. The van der Waals surface area contributed by atoms with Crippen LogP contribution in [0.2, 0.25) is 0 Å². The van der Waals surface area contributed by atoms with Crippen molar-refractivity contribution in [3.05, 3.63) is 35.4 Å². The maximum atomic E-state index is 12.6. The van der Waals surface area contributed by atoms with E-state index in [1.165, 1.54) is 6.92 Å². The molecule has 1 N–H and O–H groups in total. The lowest BCUT2D eigenvalue weighted by atomic mass is 9.93. The number of ketones is 1. The first-order chi connectivity index (χ1) is 11.1. The van der Waals surface area contributed by atoms with Crippen molar-refractivity contribution in [1.82, 2.24) is 0 Å². The van der Waals surface area contributed by atoms with E-state index in [4.69, 9.17) is 5.41 Å². The van der Waals surface area contributed by atoms with E-state index in [1.807, 2.05) is 0 Å². The molecule has 0 saturated heterocycles. The van der Waals surface area contributed by atoms with Gasteiger partial charge in [0.15, 0.2) is 5.92 Å². The highest BCUT2D eigenvalue weighted by molar-refractivity contribution is 6.19. The van der Waals surface area contributed by atoms with Crippen molar-refractivity contribution in [3.8, 4) is 0 Å². The SMILES string of the molecule is CCOC(=O)C(C(=N)Cc1ccc(C(F)(F)F)cc1)C(=O)C(F)F. The number of alkyl halides is 5. The molecule has 0 fully saturated rings. The highest BCUT2D eigenvalue weighted by atomic mass is 19.4. The van der Waals surface area contributed by atoms with E-state index in [2.05, 4.69) is 4.74 Å². The van der Waals surface area contributed by atoms with Crippen molar-refractivity contribution in [1.29, 1.82) is 5.41 Å². The summed E-state index contributed by atoms with van der Waals surface area (Å²) in [6.45, 7) is 1.24. The van der Waals surface area contributed by atoms with E-state index in [0.717, 1.165) is 24.3 Å². The van der Waals surface area contributed by atoms with E-state index >= 15 is 0 Å². The molecule has 1 unspecified atom stereocenters. The lowest BCUT2D eigenvalue weighted by molar-refractivity contribution is -0.151. The van der Waals surface area contributed by atoms with Crippen molar-refractivity contribution < 1.29 is 36.3 Å². The fraction of sp³-hybridized carbons (Fsp3) is 0.400. The second-order valence-electron chi connectivity index (χ2n) is 4.78. The third-order valence-corrected chi connectivity index (χ3v) is 3.05. The summed E-state index contributed by atoms with van der Waals surface area (Å²) in [7, 11) is 0. The van der Waals surface area contributed by atoms with Crippen molar-refractivity contribution >= 4 is 17.5 Å². The van der Waals surface area contributed by atoms with Crippen LogP contribution < -0.4 is 0 Å². The number of carbonyl (C=O) groups is 2. The van der Waals surface area contributed by atoms with E-state index in [9.17, 15) is 31.5 Å². The number of esters is 1. The molecule has 1 atom stereocenters. The lowest BCUT2D eigenvalue weighted by Gasteiger charge is -2.15. The van der Waals surface area contributed by atoms with Crippen LogP contribution in [0.3, 0.4) is 0 Å². The number of ether oxygens (including phenoxy) is 1. The molecule has 0 aliphatic carbocycles. The monoisotopic (exact) mass is 351 g/mol. The Morgan fingerprint density at radius 1 is 1.17 bits per heavy atom. The summed E-state index contributed by atoms with van der Waals surface area (Å²) in [6, 6.07) is 3.62. The van der Waals surface area contributed by atoms with Gasteiger partial charge in [-0.05, 0) is 24.6 Å². The van der Waals surface area contributed by atoms with Crippen LogP contribution in [0.4, 0.5) is 22.0 Å². The van der Waals surface area contributed by atoms with Crippen LogP contribution in [-0.2, 0) is 26.9 Å². The Hall–Kier alpha value is -2.32. The van der Waals surface area contributed by atoms with Crippen LogP contribution in [-0.4, -0.2) is 30.5 Å². The van der Waals surface area contributed by atoms with Gasteiger partial charge in [0.05, 0.1) is 12.2 Å². The van der Waals surface area contributed by atoms with Crippen LogP contribution in [0.5, 0.6) is 0 Å². The number of nitrogens with one attached hydrogen (secondary N) is 1. The predicted octanol–water partition coefficient (Wildman–Crippen LogP) is 3.28. The van der Waals surface area contributed by atoms with E-state index in [-0.39, 0.29) is 12.2 Å². The van der Waals surface area contributed by atoms with Gasteiger partial charge in [-0.25, -0.2) is 8.78 Å². The first-order valence-corrected chi connectivity index (χ1v) is 6.79. The number of halogens is 5. The van der Waals surface area contributed by atoms with Gasteiger partial charge in [-0.1, -0.05) is 12.1 Å². The quantitative estimate of drug-likeness (QED) is 0.355. The summed E-state index contributed by atoms with van der Waals surface area (Å²) in [5.41, 5.74) is -1.41. The van der Waals surface area contributed by atoms with E-state index < -0.39 is 48.0 Å². The number of hydrogen-bond acceptors (Lipinski definition) is 4. The zero-order chi connectivity index (χ0) is 18.5. The average Bonchev–Trinajstić information content (AvgIpc) is 2.47. The van der Waals surface area contributed by atoms with Crippen molar-refractivity contribution in [2.45, 2.75) is 25.9 Å². The van der Waals surface area contributed by atoms with Crippen LogP contribution in [0, 0.1) is 11.3 Å².